The summed E-state index contributed by atoms with van der Waals surface area (Å²) in [5.41, 5.74) is 0. The highest BCUT2D eigenvalue weighted by Gasteiger charge is 2.25. The number of aliphatic carboxylic acids is 1. The summed E-state index contributed by atoms with van der Waals surface area (Å²) >= 11 is 0. The summed E-state index contributed by atoms with van der Waals surface area (Å²) in [7, 11) is 4.84. The quantitative estimate of drug-likeness (QED) is 0.636. The topological polar surface area (TPSA) is 59.0 Å². The van der Waals surface area contributed by atoms with Crippen molar-refractivity contribution in [3.63, 3.8) is 0 Å². The summed E-state index contributed by atoms with van der Waals surface area (Å²) in [6.07, 6.45) is 0. The number of hydrogen-bond donors (Lipinski definition) is 1. The first-order chi connectivity index (χ1) is 6.54. The van der Waals surface area contributed by atoms with Crippen molar-refractivity contribution >= 4 is 5.97 Å². The fourth-order valence-electron chi connectivity index (χ4n) is 1.19. The van der Waals surface area contributed by atoms with Gasteiger partial charge in [-0.05, 0) is 14.0 Å². The second-order valence-electron chi connectivity index (χ2n) is 3.28. The van der Waals surface area contributed by atoms with Gasteiger partial charge in [0, 0.05) is 20.3 Å². The molecule has 0 fully saturated rings. The lowest BCUT2D eigenvalue weighted by molar-refractivity contribution is -0.146. The molecule has 0 amide bonds. The monoisotopic (exact) mass is 205 g/mol. The van der Waals surface area contributed by atoms with Gasteiger partial charge in [-0.25, -0.2) is 0 Å². The van der Waals surface area contributed by atoms with Crippen molar-refractivity contribution in [1.29, 1.82) is 0 Å². The van der Waals surface area contributed by atoms with Gasteiger partial charge in [-0.15, -0.1) is 0 Å². The van der Waals surface area contributed by atoms with E-state index in [-0.39, 0.29) is 12.6 Å². The summed E-state index contributed by atoms with van der Waals surface area (Å²) in [4.78, 5) is 12.6. The molecule has 1 N–H and O–H groups in total. The van der Waals surface area contributed by atoms with Gasteiger partial charge >= 0.3 is 5.97 Å². The lowest BCUT2D eigenvalue weighted by Gasteiger charge is -2.29. The van der Waals surface area contributed by atoms with Crippen molar-refractivity contribution in [2.24, 2.45) is 0 Å². The van der Waals surface area contributed by atoms with Gasteiger partial charge in [-0.1, -0.05) is 0 Å². The Morgan fingerprint density at radius 2 is 1.86 bits per heavy atom. The van der Waals surface area contributed by atoms with Crippen LogP contribution in [0.4, 0.5) is 0 Å². The number of nitrogens with zero attached hydrogens (tertiary/aromatic N) is 1. The maximum atomic E-state index is 10.9. The number of carboxylic acid groups (broad SMARTS) is 1. The average molecular weight is 205 g/mol. The van der Waals surface area contributed by atoms with Gasteiger partial charge in [0.1, 0.15) is 6.04 Å². The van der Waals surface area contributed by atoms with E-state index in [0.717, 1.165) is 0 Å². The summed E-state index contributed by atoms with van der Waals surface area (Å²) in [6.45, 7) is 2.60. The van der Waals surface area contributed by atoms with E-state index in [0.29, 0.717) is 6.61 Å². The third-order valence-electron chi connectivity index (χ3n) is 2.20. The zero-order chi connectivity index (χ0) is 11.1. The highest BCUT2D eigenvalue weighted by atomic mass is 16.5. The van der Waals surface area contributed by atoms with E-state index in [4.69, 9.17) is 14.6 Å². The van der Waals surface area contributed by atoms with Crippen molar-refractivity contribution in [3.05, 3.63) is 0 Å². The molecule has 0 aliphatic carbocycles. The fraction of sp³-hybridized carbons (Fsp3) is 0.889. The van der Waals surface area contributed by atoms with Gasteiger partial charge in [-0.2, -0.15) is 0 Å². The number of methoxy groups -OCH3 is 2. The molecule has 0 saturated carbocycles. The van der Waals surface area contributed by atoms with Crippen LogP contribution in [0.25, 0.3) is 0 Å². The van der Waals surface area contributed by atoms with Gasteiger partial charge in [0.15, 0.2) is 0 Å². The number of likely N-dealkylation sites (N-methyl/N-ethyl adjacent to an activating group) is 1. The largest absolute Gasteiger partial charge is 0.480 e. The molecule has 0 saturated heterocycles. The molecule has 0 aromatic carbocycles. The molecule has 0 rings (SSSR count). The molecule has 84 valence electrons. The third kappa shape index (κ3) is 4.04. The van der Waals surface area contributed by atoms with Gasteiger partial charge in [-0.3, -0.25) is 9.69 Å². The van der Waals surface area contributed by atoms with E-state index in [9.17, 15) is 4.79 Å². The Kier molecular flexibility index (Phi) is 6.44. The van der Waals surface area contributed by atoms with Crippen molar-refractivity contribution in [2.75, 3.05) is 34.5 Å². The van der Waals surface area contributed by atoms with E-state index in [2.05, 4.69) is 0 Å². The molecule has 0 aliphatic rings. The Morgan fingerprint density at radius 1 is 1.36 bits per heavy atom. The molecule has 2 unspecified atom stereocenters. The average Bonchev–Trinajstić information content (AvgIpc) is 2.13. The smallest absolute Gasteiger partial charge is 0.323 e. The summed E-state index contributed by atoms with van der Waals surface area (Å²) in [5.74, 6) is -0.877. The van der Waals surface area contributed by atoms with E-state index in [1.807, 2.05) is 6.92 Å². The van der Waals surface area contributed by atoms with Crippen molar-refractivity contribution in [2.45, 2.75) is 19.0 Å². The normalized spacial score (nSPS) is 15.5. The standard InChI is InChI=1S/C9H19NO4/c1-7(5-13-3)10(2)8(6-14-4)9(11)12/h7-8H,5-6H2,1-4H3,(H,11,12). The lowest BCUT2D eigenvalue weighted by atomic mass is 10.2. The molecule has 0 radical (unpaired) electrons. The van der Waals surface area contributed by atoms with E-state index >= 15 is 0 Å². The summed E-state index contributed by atoms with van der Waals surface area (Å²) < 4.78 is 9.81. The van der Waals surface area contributed by atoms with Gasteiger partial charge in [0.25, 0.3) is 0 Å². The molecule has 0 aliphatic heterocycles. The van der Waals surface area contributed by atoms with E-state index in [1.54, 1.807) is 19.1 Å². The highest BCUT2D eigenvalue weighted by Crippen LogP contribution is 2.04. The predicted octanol–water partition coefficient (Wildman–Crippen LogP) is 0.0527. The molecule has 5 nitrogen and oxygen atoms in total. The van der Waals surface area contributed by atoms with Crippen LogP contribution in [0.1, 0.15) is 6.92 Å². The number of rotatable bonds is 7. The Labute approximate surface area is 84.6 Å². The maximum absolute atomic E-state index is 10.9. The van der Waals surface area contributed by atoms with E-state index in [1.165, 1.54) is 7.11 Å². The van der Waals surface area contributed by atoms with Crippen LogP contribution in [0.2, 0.25) is 0 Å². The second-order valence-corrected chi connectivity index (χ2v) is 3.28. The minimum Gasteiger partial charge on any atom is -0.480 e. The molecule has 0 bridgehead atoms. The molecule has 0 aromatic heterocycles. The molecule has 0 heterocycles. The van der Waals surface area contributed by atoms with Crippen LogP contribution in [-0.2, 0) is 14.3 Å². The van der Waals surface area contributed by atoms with Gasteiger partial charge in [0.05, 0.1) is 13.2 Å². The highest BCUT2D eigenvalue weighted by molar-refractivity contribution is 5.73. The molecule has 2 atom stereocenters. The molecule has 5 heteroatoms. The van der Waals surface area contributed by atoms with Crippen LogP contribution >= 0.6 is 0 Å². The van der Waals surface area contributed by atoms with Gasteiger partial charge < -0.3 is 14.6 Å². The van der Waals surface area contributed by atoms with Crippen LogP contribution in [0.15, 0.2) is 0 Å². The zero-order valence-corrected chi connectivity index (χ0v) is 9.19. The summed E-state index contributed by atoms with van der Waals surface area (Å²) in [5, 5.41) is 8.93. The summed E-state index contributed by atoms with van der Waals surface area (Å²) in [6, 6.07) is -0.568. The van der Waals surface area contributed by atoms with E-state index < -0.39 is 12.0 Å². The Bertz CT molecular complexity index is 174. The minimum absolute atomic E-state index is 0.0521. The SMILES string of the molecule is COCC(C)N(C)C(COC)C(=O)O. The molecule has 0 aromatic rings. The second kappa shape index (κ2) is 6.75. The zero-order valence-electron chi connectivity index (χ0n) is 9.19. The number of carboxylic acids is 1. The van der Waals surface area contributed by atoms with Crippen LogP contribution in [0.5, 0.6) is 0 Å². The van der Waals surface area contributed by atoms with Crippen molar-refractivity contribution in [3.8, 4) is 0 Å². The number of ether oxygens (including phenoxy) is 2. The Morgan fingerprint density at radius 3 is 2.21 bits per heavy atom. The molecule has 14 heavy (non-hydrogen) atoms. The van der Waals surface area contributed by atoms with Crippen LogP contribution in [0.3, 0.4) is 0 Å². The molecule has 0 spiro atoms. The Hall–Kier alpha value is -0.650. The van der Waals surface area contributed by atoms with Gasteiger partial charge in [0.2, 0.25) is 0 Å². The van der Waals surface area contributed by atoms with Crippen molar-refractivity contribution < 1.29 is 19.4 Å². The maximum Gasteiger partial charge on any atom is 0.323 e. The van der Waals surface area contributed by atoms with Crippen LogP contribution in [-0.4, -0.2) is 62.5 Å². The number of hydrogen-bond acceptors (Lipinski definition) is 4. The lowest BCUT2D eigenvalue weighted by Crippen LogP contribution is -2.47. The minimum atomic E-state index is -0.877. The first kappa shape index (κ1) is 13.4. The predicted molar refractivity (Wildman–Crippen MR) is 52.4 cm³/mol. The van der Waals surface area contributed by atoms with Crippen molar-refractivity contribution in [1.82, 2.24) is 4.90 Å². The molecular formula is C9H19NO4. The fourth-order valence-corrected chi connectivity index (χ4v) is 1.19. The third-order valence-corrected chi connectivity index (χ3v) is 2.20. The number of carbonyl (C=O) groups is 1. The molecular weight excluding hydrogens is 186 g/mol. The van der Waals surface area contributed by atoms with Crippen LogP contribution < -0.4 is 0 Å². The Balaban J connectivity index is 4.26. The first-order valence-electron chi connectivity index (χ1n) is 4.47. The van der Waals surface area contributed by atoms with Crippen LogP contribution in [0, 0.1) is 0 Å². The first-order valence-corrected chi connectivity index (χ1v) is 4.47.